The van der Waals surface area contributed by atoms with Crippen LogP contribution < -0.4 is 5.32 Å². The summed E-state index contributed by atoms with van der Waals surface area (Å²) in [5.74, 6) is 0.582. The zero-order valence-electron chi connectivity index (χ0n) is 16.7. The van der Waals surface area contributed by atoms with Gasteiger partial charge in [0, 0.05) is 11.9 Å². The molecule has 154 valence electrons. The number of nitrogens with one attached hydrogen (secondary N) is 1. The van der Waals surface area contributed by atoms with Crippen molar-refractivity contribution in [2.24, 2.45) is 0 Å². The largest absolute Gasteiger partial charge is 0.365 e. The molecule has 5 rings (SSSR count). The molecule has 3 aromatic carbocycles. The summed E-state index contributed by atoms with van der Waals surface area (Å²) in [6.07, 6.45) is 0. The van der Waals surface area contributed by atoms with E-state index in [1.54, 1.807) is 30.3 Å². The first-order valence-electron chi connectivity index (χ1n) is 9.78. The molecule has 1 N–H and O–H groups in total. The number of aromatic nitrogens is 4. The molecule has 7 nitrogen and oxygen atoms in total. The second-order valence-corrected chi connectivity index (χ2v) is 9.07. The van der Waals surface area contributed by atoms with Crippen LogP contribution in [0.4, 0.5) is 5.82 Å². The number of aryl methyl sites for hydroxylation is 1. The van der Waals surface area contributed by atoms with E-state index in [0.29, 0.717) is 12.4 Å². The number of rotatable bonds is 5. The summed E-state index contributed by atoms with van der Waals surface area (Å²) in [5, 5.41) is 12.1. The highest BCUT2D eigenvalue weighted by Crippen LogP contribution is 2.28. The van der Waals surface area contributed by atoms with Crippen LogP contribution in [0.15, 0.2) is 88.8 Å². The van der Waals surface area contributed by atoms with Crippen LogP contribution in [0, 0.1) is 6.92 Å². The van der Waals surface area contributed by atoms with E-state index in [-0.39, 0.29) is 15.6 Å². The number of hydrogen-bond donors (Lipinski definition) is 1. The number of hydrogen-bond acceptors (Lipinski definition) is 6. The van der Waals surface area contributed by atoms with Crippen LogP contribution in [0.2, 0.25) is 0 Å². The van der Waals surface area contributed by atoms with Crippen LogP contribution in [-0.2, 0) is 16.4 Å². The number of sulfone groups is 1. The zero-order valence-corrected chi connectivity index (χ0v) is 17.5. The Morgan fingerprint density at radius 1 is 0.903 bits per heavy atom. The van der Waals surface area contributed by atoms with Crippen molar-refractivity contribution in [2.45, 2.75) is 23.4 Å². The zero-order chi connectivity index (χ0) is 21.4. The summed E-state index contributed by atoms with van der Waals surface area (Å²) in [7, 11) is -3.87. The predicted octanol–water partition coefficient (Wildman–Crippen LogP) is 4.03. The lowest BCUT2D eigenvalue weighted by molar-refractivity contribution is 0.592. The Balaban J connectivity index is 1.67. The van der Waals surface area contributed by atoms with Gasteiger partial charge in [0.2, 0.25) is 14.9 Å². The van der Waals surface area contributed by atoms with Crippen LogP contribution >= 0.6 is 0 Å². The minimum absolute atomic E-state index is 0.154. The standard InChI is InChI=1S/C23H19N5O2S/c1-16-9-5-6-10-17(16)15-24-21-19-13-7-8-14-20(19)28-22(25-21)23(26-27-28)31(29,30)18-11-3-2-4-12-18/h2-14H,15H2,1H3,(H,24,25). The van der Waals surface area contributed by atoms with Crippen LogP contribution in [0.5, 0.6) is 0 Å². The Morgan fingerprint density at radius 2 is 1.61 bits per heavy atom. The van der Waals surface area contributed by atoms with E-state index in [2.05, 4.69) is 39.7 Å². The van der Waals surface area contributed by atoms with E-state index in [4.69, 9.17) is 0 Å². The van der Waals surface area contributed by atoms with E-state index in [0.717, 1.165) is 16.5 Å². The average Bonchev–Trinajstić information content (AvgIpc) is 3.24. The second kappa shape index (κ2) is 7.48. The first-order valence-corrected chi connectivity index (χ1v) is 11.3. The van der Waals surface area contributed by atoms with Crippen molar-refractivity contribution in [2.75, 3.05) is 5.32 Å². The molecule has 0 radical (unpaired) electrons. The van der Waals surface area contributed by atoms with Gasteiger partial charge in [-0.1, -0.05) is 59.8 Å². The smallest absolute Gasteiger partial charge is 0.229 e. The van der Waals surface area contributed by atoms with E-state index >= 15 is 0 Å². The van der Waals surface area contributed by atoms with Crippen molar-refractivity contribution in [3.05, 3.63) is 90.0 Å². The van der Waals surface area contributed by atoms with Crippen molar-refractivity contribution in [1.29, 1.82) is 0 Å². The quantitative estimate of drug-likeness (QED) is 0.454. The number of para-hydroxylation sites is 1. The fourth-order valence-electron chi connectivity index (χ4n) is 3.55. The topological polar surface area (TPSA) is 89.2 Å². The highest BCUT2D eigenvalue weighted by Gasteiger charge is 2.26. The van der Waals surface area contributed by atoms with Gasteiger partial charge >= 0.3 is 0 Å². The van der Waals surface area contributed by atoms with Gasteiger partial charge in [0.1, 0.15) is 5.82 Å². The minimum atomic E-state index is -3.87. The number of anilines is 1. The van der Waals surface area contributed by atoms with Gasteiger partial charge in [-0.15, -0.1) is 5.10 Å². The maximum atomic E-state index is 13.2. The van der Waals surface area contributed by atoms with Crippen molar-refractivity contribution in [3.8, 4) is 0 Å². The molecule has 0 amide bonds. The summed E-state index contributed by atoms with van der Waals surface area (Å²) in [5.41, 5.74) is 3.22. The number of nitrogens with zero attached hydrogens (tertiary/aromatic N) is 4. The van der Waals surface area contributed by atoms with Gasteiger partial charge in [-0.25, -0.2) is 13.4 Å². The van der Waals surface area contributed by atoms with Crippen molar-refractivity contribution >= 4 is 32.2 Å². The molecule has 0 saturated carbocycles. The Labute approximate surface area is 179 Å². The van der Waals surface area contributed by atoms with Gasteiger partial charge in [-0.05, 0) is 42.3 Å². The third kappa shape index (κ3) is 3.30. The third-order valence-electron chi connectivity index (χ3n) is 5.24. The molecule has 0 aliphatic rings. The summed E-state index contributed by atoms with van der Waals surface area (Å²) in [4.78, 5) is 4.80. The first kappa shape index (κ1) is 19.2. The van der Waals surface area contributed by atoms with Crippen molar-refractivity contribution in [3.63, 3.8) is 0 Å². The van der Waals surface area contributed by atoms with Crippen molar-refractivity contribution in [1.82, 2.24) is 19.8 Å². The van der Waals surface area contributed by atoms with Crippen LogP contribution in [0.25, 0.3) is 16.6 Å². The third-order valence-corrected chi connectivity index (χ3v) is 6.90. The summed E-state index contributed by atoms with van der Waals surface area (Å²) in [6, 6.07) is 23.9. The Hall–Kier alpha value is -3.78. The highest BCUT2D eigenvalue weighted by molar-refractivity contribution is 7.91. The molecule has 0 atom stereocenters. The molecule has 0 aliphatic heterocycles. The van der Waals surface area contributed by atoms with E-state index in [9.17, 15) is 8.42 Å². The van der Waals surface area contributed by atoms with Gasteiger partial charge in [0.15, 0.2) is 5.65 Å². The molecule has 5 aromatic rings. The fraction of sp³-hybridized carbons (Fsp3) is 0.0870. The minimum Gasteiger partial charge on any atom is -0.365 e. The Morgan fingerprint density at radius 3 is 2.42 bits per heavy atom. The molecule has 0 fully saturated rings. The SMILES string of the molecule is Cc1ccccc1CNc1nc2c(S(=O)(=O)c3ccccc3)nnn2c2ccccc12. The van der Waals surface area contributed by atoms with E-state index < -0.39 is 9.84 Å². The van der Waals surface area contributed by atoms with E-state index in [1.807, 2.05) is 36.4 Å². The maximum Gasteiger partial charge on any atom is 0.229 e. The summed E-state index contributed by atoms with van der Waals surface area (Å²) in [6.45, 7) is 2.61. The maximum absolute atomic E-state index is 13.2. The lowest BCUT2D eigenvalue weighted by atomic mass is 10.1. The van der Waals surface area contributed by atoms with Crippen LogP contribution in [0.1, 0.15) is 11.1 Å². The highest BCUT2D eigenvalue weighted by atomic mass is 32.2. The molecule has 2 heterocycles. The Kier molecular flexibility index (Phi) is 4.63. The molecule has 2 aromatic heterocycles. The Bertz CT molecular complexity index is 1510. The molecule has 31 heavy (non-hydrogen) atoms. The summed E-state index contributed by atoms with van der Waals surface area (Å²) >= 11 is 0. The number of fused-ring (bicyclic) bond motifs is 3. The molecule has 0 aliphatic carbocycles. The average molecular weight is 430 g/mol. The summed E-state index contributed by atoms with van der Waals surface area (Å²) < 4.78 is 27.9. The van der Waals surface area contributed by atoms with Gasteiger partial charge in [0.05, 0.1) is 10.4 Å². The van der Waals surface area contributed by atoms with Crippen LogP contribution in [-0.4, -0.2) is 28.2 Å². The second-order valence-electron chi connectivity index (χ2n) is 7.20. The first-order chi connectivity index (χ1) is 15.1. The molecule has 0 bridgehead atoms. The molecule has 0 spiro atoms. The van der Waals surface area contributed by atoms with Gasteiger partial charge in [-0.3, -0.25) is 0 Å². The molecule has 8 heteroatoms. The van der Waals surface area contributed by atoms with Gasteiger partial charge in [-0.2, -0.15) is 4.52 Å². The van der Waals surface area contributed by atoms with Crippen LogP contribution in [0.3, 0.4) is 0 Å². The number of benzene rings is 3. The predicted molar refractivity (Wildman–Crippen MR) is 119 cm³/mol. The fourth-order valence-corrected chi connectivity index (χ4v) is 4.81. The lowest BCUT2D eigenvalue weighted by Gasteiger charge is -2.12. The monoisotopic (exact) mass is 429 g/mol. The van der Waals surface area contributed by atoms with Gasteiger partial charge < -0.3 is 5.32 Å². The lowest BCUT2D eigenvalue weighted by Crippen LogP contribution is -2.07. The van der Waals surface area contributed by atoms with E-state index in [1.165, 1.54) is 10.1 Å². The molecular formula is C23H19N5O2S. The normalized spacial score (nSPS) is 11.8. The molecule has 0 unspecified atom stereocenters. The van der Waals surface area contributed by atoms with Gasteiger partial charge in [0.25, 0.3) is 0 Å². The molecular weight excluding hydrogens is 410 g/mol. The molecule has 0 saturated heterocycles. The van der Waals surface area contributed by atoms with Crippen molar-refractivity contribution < 1.29 is 8.42 Å².